The van der Waals surface area contributed by atoms with Crippen molar-refractivity contribution >= 4 is 5.91 Å². The molecule has 1 saturated heterocycles. The summed E-state index contributed by atoms with van der Waals surface area (Å²) in [6, 6.07) is 2.01. The topological polar surface area (TPSA) is 54.7 Å². The van der Waals surface area contributed by atoms with Gasteiger partial charge >= 0.3 is 0 Å². The van der Waals surface area contributed by atoms with Gasteiger partial charge < -0.3 is 19.4 Å². The van der Waals surface area contributed by atoms with E-state index in [2.05, 4.69) is 5.32 Å². The van der Waals surface area contributed by atoms with Crippen LogP contribution in [0.4, 0.5) is 0 Å². The number of nitrogens with zero attached hydrogens (tertiary/aromatic N) is 1. The van der Waals surface area contributed by atoms with Gasteiger partial charge in [-0.1, -0.05) is 0 Å². The Morgan fingerprint density at radius 2 is 2.53 bits per heavy atom. The standard InChI is InChI=1S/C12H18N2O3/c1-14(7-10-2-4-16-8-10)12(15)6-11-9-17-5-3-13-11/h2,4,8,11,13H,3,5-7,9H2,1H3. The fourth-order valence-electron chi connectivity index (χ4n) is 1.86. The molecule has 1 aromatic rings. The largest absolute Gasteiger partial charge is 0.472 e. The Bertz CT molecular complexity index is 345. The highest BCUT2D eigenvalue weighted by molar-refractivity contribution is 5.76. The number of furan rings is 1. The maximum absolute atomic E-state index is 11.9. The van der Waals surface area contributed by atoms with Gasteiger partial charge in [-0.2, -0.15) is 0 Å². The molecule has 0 aliphatic carbocycles. The number of carbonyl (C=O) groups excluding carboxylic acids is 1. The Morgan fingerprint density at radius 3 is 3.18 bits per heavy atom. The molecular weight excluding hydrogens is 220 g/mol. The Morgan fingerprint density at radius 1 is 1.65 bits per heavy atom. The monoisotopic (exact) mass is 238 g/mol. The second-order valence-corrected chi connectivity index (χ2v) is 4.31. The van der Waals surface area contributed by atoms with Crippen LogP contribution in [-0.4, -0.2) is 43.7 Å². The molecule has 1 N–H and O–H groups in total. The lowest BCUT2D eigenvalue weighted by atomic mass is 10.2. The fraction of sp³-hybridized carbons (Fsp3) is 0.583. The van der Waals surface area contributed by atoms with Gasteiger partial charge in [0, 0.05) is 38.2 Å². The van der Waals surface area contributed by atoms with E-state index in [-0.39, 0.29) is 11.9 Å². The molecule has 1 amide bonds. The van der Waals surface area contributed by atoms with Crippen LogP contribution >= 0.6 is 0 Å². The maximum Gasteiger partial charge on any atom is 0.224 e. The van der Waals surface area contributed by atoms with Crippen molar-refractivity contribution in [3.63, 3.8) is 0 Å². The fourth-order valence-corrected chi connectivity index (χ4v) is 1.86. The van der Waals surface area contributed by atoms with E-state index < -0.39 is 0 Å². The molecule has 17 heavy (non-hydrogen) atoms. The molecule has 1 aliphatic rings. The van der Waals surface area contributed by atoms with Crippen molar-refractivity contribution in [3.8, 4) is 0 Å². The van der Waals surface area contributed by atoms with E-state index in [4.69, 9.17) is 9.15 Å². The summed E-state index contributed by atoms with van der Waals surface area (Å²) in [7, 11) is 1.80. The molecule has 2 heterocycles. The van der Waals surface area contributed by atoms with Gasteiger partial charge in [0.2, 0.25) is 5.91 Å². The summed E-state index contributed by atoms with van der Waals surface area (Å²) < 4.78 is 10.3. The van der Waals surface area contributed by atoms with E-state index in [1.807, 2.05) is 6.07 Å². The molecule has 0 radical (unpaired) electrons. The van der Waals surface area contributed by atoms with Crippen molar-refractivity contribution in [1.29, 1.82) is 0 Å². The van der Waals surface area contributed by atoms with Crippen LogP contribution in [0.3, 0.4) is 0 Å². The highest BCUT2D eigenvalue weighted by Crippen LogP contribution is 2.07. The highest BCUT2D eigenvalue weighted by Gasteiger charge is 2.19. The first-order valence-electron chi connectivity index (χ1n) is 5.82. The Kier molecular flexibility index (Phi) is 4.17. The van der Waals surface area contributed by atoms with Crippen molar-refractivity contribution in [1.82, 2.24) is 10.2 Å². The summed E-state index contributed by atoms with van der Waals surface area (Å²) in [5.41, 5.74) is 1.01. The minimum Gasteiger partial charge on any atom is -0.472 e. The lowest BCUT2D eigenvalue weighted by Gasteiger charge is -2.25. The SMILES string of the molecule is CN(Cc1ccoc1)C(=O)CC1COCCN1. The summed E-state index contributed by atoms with van der Waals surface area (Å²) in [5, 5.41) is 3.27. The second kappa shape index (κ2) is 5.84. The van der Waals surface area contributed by atoms with Gasteiger partial charge in [-0.25, -0.2) is 0 Å². The van der Waals surface area contributed by atoms with E-state index in [0.717, 1.165) is 18.7 Å². The molecule has 1 fully saturated rings. The second-order valence-electron chi connectivity index (χ2n) is 4.31. The third-order valence-corrected chi connectivity index (χ3v) is 2.85. The smallest absolute Gasteiger partial charge is 0.224 e. The lowest BCUT2D eigenvalue weighted by Crippen LogP contribution is -2.44. The maximum atomic E-state index is 11.9. The molecule has 0 saturated carbocycles. The molecule has 5 nitrogen and oxygen atoms in total. The number of carbonyl (C=O) groups is 1. The van der Waals surface area contributed by atoms with E-state index >= 15 is 0 Å². The zero-order valence-electron chi connectivity index (χ0n) is 10.0. The average molecular weight is 238 g/mol. The van der Waals surface area contributed by atoms with Crippen LogP contribution in [0.5, 0.6) is 0 Å². The molecule has 0 spiro atoms. The number of amides is 1. The molecule has 0 bridgehead atoms. The third-order valence-electron chi connectivity index (χ3n) is 2.85. The van der Waals surface area contributed by atoms with Crippen LogP contribution in [0.1, 0.15) is 12.0 Å². The summed E-state index contributed by atoms with van der Waals surface area (Å²) in [5.74, 6) is 0.120. The predicted octanol–water partition coefficient (Wildman–Crippen LogP) is 0.617. The molecular formula is C12H18N2O3. The van der Waals surface area contributed by atoms with E-state index in [9.17, 15) is 4.79 Å². The minimum atomic E-state index is 0.120. The van der Waals surface area contributed by atoms with E-state index in [0.29, 0.717) is 19.6 Å². The van der Waals surface area contributed by atoms with Gasteiger partial charge in [0.15, 0.2) is 0 Å². The Balaban J connectivity index is 1.78. The van der Waals surface area contributed by atoms with Crippen LogP contribution in [0, 0.1) is 0 Å². The molecule has 1 unspecified atom stereocenters. The molecule has 5 heteroatoms. The van der Waals surface area contributed by atoms with Crippen molar-refractivity contribution in [2.24, 2.45) is 0 Å². The van der Waals surface area contributed by atoms with Gasteiger partial charge in [0.25, 0.3) is 0 Å². The van der Waals surface area contributed by atoms with Crippen molar-refractivity contribution < 1.29 is 13.9 Å². The number of rotatable bonds is 4. The molecule has 94 valence electrons. The van der Waals surface area contributed by atoms with Gasteiger partial charge in [-0.15, -0.1) is 0 Å². The van der Waals surface area contributed by atoms with Gasteiger partial charge in [-0.3, -0.25) is 4.79 Å². The molecule has 0 aromatic carbocycles. The minimum absolute atomic E-state index is 0.120. The quantitative estimate of drug-likeness (QED) is 0.835. The first-order chi connectivity index (χ1) is 8.25. The Labute approximate surface area is 101 Å². The van der Waals surface area contributed by atoms with Crippen molar-refractivity contribution in [2.45, 2.75) is 19.0 Å². The first-order valence-corrected chi connectivity index (χ1v) is 5.82. The average Bonchev–Trinajstić information content (AvgIpc) is 2.83. The summed E-state index contributed by atoms with van der Waals surface area (Å²) >= 11 is 0. The molecule has 1 aliphatic heterocycles. The van der Waals surface area contributed by atoms with Crippen LogP contribution in [0.15, 0.2) is 23.0 Å². The summed E-state index contributed by atoms with van der Waals surface area (Å²) in [4.78, 5) is 13.6. The van der Waals surface area contributed by atoms with Crippen LogP contribution in [-0.2, 0) is 16.1 Å². The Hall–Kier alpha value is -1.33. The number of morpholine rings is 1. The third kappa shape index (κ3) is 3.57. The predicted molar refractivity (Wildman–Crippen MR) is 62.4 cm³/mol. The number of ether oxygens (including phenoxy) is 1. The van der Waals surface area contributed by atoms with Gasteiger partial charge in [-0.05, 0) is 6.07 Å². The van der Waals surface area contributed by atoms with E-state index in [1.165, 1.54) is 0 Å². The normalized spacial score (nSPS) is 20.2. The zero-order chi connectivity index (χ0) is 12.1. The summed E-state index contributed by atoms with van der Waals surface area (Å²) in [6.07, 6.45) is 3.75. The number of hydrogen-bond acceptors (Lipinski definition) is 4. The lowest BCUT2D eigenvalue weighted by molar-refractivity contribution is -0.131. The summed E-state index contributed by atoms with van der Waals surface area (Å²) in [6.45, 7) is 2.76. The number of nitrogens with one attached hydrogen (secondary N) is 1. The van der Waals surface area contributed by atoms with Crippen molar-refractivity contribution in [3.05, 3.63) is 24.2 Å². The van der Waals surface area contributed by atoms with Crippen LogP contribution in [0.2, 0.25) is 0 Å². The van der Waals surface area contributed by atoms with Gasteiger partial charge in [0.1, 0.15) is 0 Å². The van der Waals surface area contributed by atoms with Crippen LogP contribution < -0.4 is 5.32 Å². The van der Waals surface area contributed by atoms with Gasteiger partial charge in [0.05, 0.1) is 25.7 Å². The molecule has 1 atom stereocenters. The first kappa shape index (κ1) is 12.1. The molecule has 2 rings (SSSR count). The highest BCUT2D eigenvalue weighted by atomic mass is 16.5. The zero-order valence-corrected chi connectivity index (χ0v) is 10.0. The van der Waals surface area contributed by atoms with Crippen LogP contribution in [0.25, 0.3) is 0 Å². The number of hydrogen-bond donors (Lipinski definition) is 1. The van der Waals surface area contributed by atoms with E-state index in [1.54, 1.807) is 24.5 Å². The van der Waals surface area contributed by atoms with Crippen molar-refractivity contribution in [2.75, 3.05) is 26.8 Å². The molecule has 1 aromatic heterocycles.